The van der Waals surface area contributed by atoms with Crippen molar-refractivity contribution in [3.8, 4) is 11.3 Å². The van der Waals surface area contributed by atoms with Gasteiger partial charge in [-0.1, -0.05) is 36.4 Å². The molecular weight excluding hydrogens is 322 g/mol. The van der Waals surface area contributed by atoms with E-state index in [4.69, 9.17) is 4.42 Å². The Bertz CT molecular complexity index is 1030. The van der Waals surface area contributed by atoms with Crippen LogP contribution in [0, 0.1) is 0 Å². The molecule has 0 amide bonds. The van der Waals surface area contributed by atoms with Crippen LogP contribution in [0.3, 0.4) is 0 Å². The molecule has 2 aromatic heterocycles. The molecule has 0 aliphatic heterocycles. The van der Waals surface area contributed by atoms with Crippen LogP contribution in [-0.4, -0.2) is 9.97 Å². The molecule has 2 heterocycles. The van der Waals surface area contributed by atoms with Gasteiger partial charge >= 0.3 is 5.76 Å². The number of anilines is 1. The molecule has 2 aromatic carbocycles. The van der Waals surface area contributed by atoms with Gasteiger partial charge in [0.1, 0.15) is 0 Å². The number of hydrogen-bond acceptors (Lipinski definition) is 5. The highest BCUT2D eigenvalue weighted by Gasteiger charge is 2.10. The van der Waals surface area contributed by atoms with Gasteiger partial charge in [0.2, 0.25) is 0 Å². The molecule has 0 aliphatic carbocycles. The minimum absolute atomic E-state index is 0.176. The summed E-state index contributed by atoms with van der Waals surface area (Å²) in [6, 6.07) is 16.0. The Balaban J connectivity index is 1.58. The van der Waals surface area contributed by atoms with Gasteiger partial charge in [0.25, 0.3) is 0 Å². The largest absolute Gasteiger partial charge is 0.417 e. The normalized spacial score (nSPS) is 12.4. The first-order chi connectivity index (χ1) is 11.7. The van der Waals surface area contributed by atoms with E-state index in [1.54, 1.807) is 11.3 Å². The van der Waals surface area contributed by atoms with Gasteiger partial charge in [-0.25, -0.2) is 9.78 Å². The molecule has 1 unspecified atom stereocenters. The zero-order valence-corrected chi connectivity index (χ0v) is 13.8. The molecule has 0 saturated heterocycles. The van der Waals surface area contributed by atoms with Crippen LogP contribution in [0.1, 0.15) is 18.5 Å². The molecule has 24 heavy (non-hydrogen) atoms. The molecule has 0 bridgehead atoms. The number of fused-ring (bicyclic) bond motifs is 1. The van der Waals surface area contributed by atoms with Gasteiger partial charge < -0.3 is 9.73 Å². The lowest BCUT2D eigenvalue weighted by Gasteiger charge is -2.12. The van der Waals surface area contributed by atoms with Crippen molar-refractivity contribution in [1.82, 2.24) is 9.97 Å². The van der Waals surface area contributed by atoms with Crippen molar-refractivity contribution in [3.63, 3.8) is 0 Å². The van der Waals surface area contributed by atoms with Gasteiger partial charge in [-0.2, -0.15) is 0 Å². The molecule has 0 saturated carbocycles. The van der Waals surface area contributed by atoms with Crippen molar-refractivity contribution in [3.05, 3.63) is 70.0 Å². The van der Waals surface area contributed by atoms with Crippen molar-refractivity contribution >= 4 is 27.6 Å². The summed E-state index contributed by atoms with van der Waals surface area (Å²) in [4.78, 5) is 18.5. The summed E-state index contributed by atoms with van der Waals surface area (Å²) in [7, 11) is 0. The Labute approximate surface area is 142 Å². The second-order valence-corrected chi connectivity index (χ2v) is 6.40. The summed E-state index contributed by atoms with van der Waals surface area (Å²) in [6.07, 6.45) is 0. The molecule has 0 fully saturated rings. The third kappa shape index (κ3) is 2.83. The van der Waals surface area contributed by atoms with E-state index in [0.29, 0.717) is 11.1 Å². The summed E-state index contributed by atoms with van der Waals surface area (Å²) < 4.78 is 5.11. The van der Waals surface area contributed by atoms with E-state index < -0.39 is 5.76 Å². The molecule has 0 radical (unpaired) electrons. The number of oxazole rings is 1. The molecule has 1 atom stereocenters. The molecule has 0 spiro atoms. The minimum Gasteiger partial charge on any atom is -0.408 e. The predicted molar refractivity (Wildman–Crippen MR) is 96.4 cm³/mol. The molecule has 5 nitrogen and oxygen atoms in total. The van der Waals surface area contributed by atoms with Crippen LogP contribution in [0.25, 0.3) is 22.4 Å². The van der Waals surface area contributed by atoms with E-state index >= 15 is 0 Å². The summed E-state index contributed by atoms with van der Waals surface area (Å²) >= 11 is 1.56. The summed E-state index contributed by atoms with van der Waals surface area (Å²) in [5.41, 5.74) is 4.22. The summed E-state index contributed by atoms with van der Waals surface area (Å²) in [5, 5.41) is 6.27. The number of thiazole rings is 1. The van der Waals surface area contributed by atoms with Crippen molar-refractivity contribution in [2.45, 2.75) is 13.0 Å². The predicted octanol–water partition coefficient (Wildman–Crippen LogP) is 4.42. The standard InChI is InChI=1S/C18H15N3O2S/c1-11(12-5-3-2-4-6-12)19-17-20-15(10-24-17)13-7-8-14-16(9-13)23-18(22)21-14/h2-11H,1H3,(H,19,20)(H,21,22). The fourth-order valence-corrected chi connectivity index (χ4v) is 3.40. The monoisotopic (exact) mass is 337 g/mol. The smallest absolute Gasteiger partial charge is 0.408 e. The Kier molecular flexibility index (Phi) is 3.66. The number of hydrogen-bond donors (Lipinski definition) is 2. The second kappa shape index (κ2) is 5.98. The zero-order chi connectivity index (χ0) is 16.5. The quantitative estimate of drug-likeness (QED) is 0.578. The fraction of sp³-hybridized carbons (Fsp3) is 0.111. The molecule has 4 aromatic rings. The molecular formula is C18H15N3O2S. The summed E-state index contributed by atoms with van der Waals surface area (Å²) in [6.45, 7) is 2.11. The van der Waals surface area contributed by atoms with E-state index in [-0.39, 0.29) is 6.04 Å². The zero-order valence-electron chi connectivity index (χ0n) is 12.9. The van der Waals surface area contributed by atoms with Crippen LogP contribution >= 0.6 is 11.3 Å². The van der Waals surface area contributed by atoms with E-state index in [9.17, 15) is 4.79 Å². The molecule has 6 heteroatoms. The van der Waals surface area contributed by atoms with Crippen LogP contribution in [0.5, 0.6) is 0 Å². The maximum absolute atomic E-state index is 11.3. The number of nitrogens with one attached hydrogen (secondary N) is 2. The van der Waals surface area contributed by atoms with Crippen LogP contribution in [0.2, 0.25) is 0 Å². The third-order valence-electron chi connectivity index (χ3n) is 3.86. The minimum atomic E-state index is -0.445. The Morgan fingerprint density at radius 3 is 2.88 bits per heavy atom. The van der Waals surface area contributed by atoms with Crippen molar-refractivity contribution in [2.75, 3.05) is 5.32 Å². The molecule has 0 aliphatic rings. The second-order valence-electron chi connectivity index (χ2n) is 5.54. The maximum atomic E-state index is 11.3. The van der Waals surface area contributed by atoms with Gasteiger partial charge in [0.05, 0.1) is 17.3 Å². The van der Waals surface area contributed by atoms with E-state index in [0.717, 1.165) is 16.4 Å². The Morgan fingerprint density at radius 2 is 2.04 bits per heavy atom. The summed E-state index contributed by atoms with van der Waals surface area (Å²) in [5.74, 6) is -0.445. The highest BCUT2D eigenvalue weighted by Crippen LogP contribution is 2.29. The van der Waals surface area contributed by atoms with E-state index in [1.165, 1.54) is 5.56 Å². The highest BCUT2D eigenvalue weighted by molar-refractivity contribution is 7.14. The van der Waals surface area contributed by atoms with Crippen molar-refractivity contribution < 1.29 is 4.42 Å². The lowest BCUT2D eigenvalue weighted by molar-refractivity contribution is 0.555. The number of rotatable bonds is 4. The first-order valence-corrected chi connectivity index (χ1v) is 8.47. The van der Waals surface area contributed by atoms with Gasteiger partial charge in [0.15, 0.2) is 10.7 Å². The van der Waals surface area contributed by atoms with Crippen LogP contribution < -0.4 is 11.1 Å². The number of aromatic amines is 1. The SMILES string of the molecule is CC(Nc1nc(-c2ccc3[nH]c(=O)oc3c2)cs1)c1ccccc1. The molecule has 2 N–H and O–H groups in total. The van der Waals surface area contributed by atoms with Crippen LogP contribution in [0.4, 0.5) is 5.13 Å². The average Bonchev–Trinajstić information content (AvgIpc) is 3.20. The fourth-order valence-electron chi connectivity index (χ4n) is 2.59. The Morgan fingerprint density at radius 1 is 1.21 bits per heavy atom. The maximum Gasteiger partial charge on any atom is 0.417 e. The first-order valence-electron chi connectivity index (χ1n) is 7.59. The number of aromatic nitrogens is 2. The Hall–Kier alpha value is -2.86. The highest BCUT2D eigenvalue weighted by atomic mass is 32.1. The van der Waals surface area contributed by atoms with E-state index in [1.807, 2.05) is 41.8 Å². The van der Waals surface area contributed by atoms with Gasteiger partial charge in [-0.05, 0) is 24.6 Å². The molecule has 4 rings (SSSR count). The first kappa shape index (κ1) is 14.7. The van der Waals surface area contributed by atoms with Crippen LogP contribution in [-0.2, 0) is 0 Å². The van der Waals surface area contributed by atoms with Gasteiger partial charge in [0, 0.05) is 10.9 Å². The topological polar surface area (TPSA) is 70.9 Å². The lowest BCUT2D eigenvalue weighted by Crippen LogP contribution is -2.05. The number of nitrogens with zero attached hydrogens (tertiary/aromatic N) is 1. The number of benzene rings is 2. The van der Waals surface area contributed by atoms with Crippen molar-refractivity contribution in [2.24, 2.45) is 0 Å². The number of H-pyrrole nitrogens is 1. The lowest BCUT2D eigenvalue weighted by atomic mass is 10.1. The van der Waals surface area contributed by atoms with Gasteiger partial charge in [-0.15, -0.1) is 11.3 Å². The van der Waals surface area contributed by atoms with Crippen molar-refractivity contribution in [1.29, 1.82) is 0 Å². The molecule has 120 valence electrons. The third-order valence-corrected chi connectivity index (χ3v) is 4.63. The average molecular weight is 337 g/mol. The van der Waals surface area contributed by atoms with Crippen LogP contribution in [0.15, 0.2) is 63.1 Å². The van der Waals surface area contributed by atoms with Gasteiger partial charge in [-0.3, -0.25) is 4.98 Å². The van der Waals surface area contributed by atoms with E-state index in [2.05, 4.69) is 34.3 Å².